The molecule has 3 aromatic rings. The molecule has 2 aliphatic heterocycles. The van der Waals surface area contributed by atoms with E-state index in [1.807, 2.05) is 18.2 Å². The molecule has 9 nitrogen and oxygen atoms in total. The van der Waals surface area contributed by atoms with Gasteiger partial charge in [-0.25, -0.2) is 15.0 Å². The Kier molecular flexibility index (Phi) is 8.30. The molecule has 3 fully saturated rings. The van der Waals surface area contributed by atoms with Gasteiger partial charge in [0.1, 0.15) is 0 Å². The number of benzene rings is 1. The second-order valence-corrected chi connectivity index (χ2v) is 12.3. The number of aliphatic carboxylic acids is 1. The molecule has 0 bridgehead atoms. The summed E-state index contributed by atoms with van der Waals surface area (Å²) in [6.07, 6.45) is 5.75. The SMILES string of the molecule is CN1CCN(c2ncc(Oc3cc(CN4CCC5C(CC(=O)O)[C@@H]5CC4)cc(-c4cc(Cl)cc(Cl)c4)n3)cn2)CC1. The fraction of sp³-hybridized carbons (Fsp3) is 0.467. The second-order valence-electron chi connectivity index (χ2n) is 11.4. The molecule has 3 aliphatic rings. The van der Waals surface area contributed by atoms with Gasteiger partial charge < -0.3 is 19.6 Å². The first-order valence-electron chi connectivity index (χ1n) is 14.2. The van der Waals surface area contributed by atoms with Crippen LogP contribution < -0.4 is 9.64 Å². The van der Waals surface area contributed by atoms with Crippen molar-refractivity contribution in [3.63, 3.8) is 0 Å². The Hall–Kier alpha value is -2.98. The summed E-state index contributed by atoms with van der Waals surface area (Å²) in [4.78, 5) is 32.0. The number of rotatable bonds is 8. The van der Waals surface area contributed by atoms with E-state index < -0.39 is 5.97 Å². The molecule has 11 heteroatoms. The van der Waals surface area contributed by atoms with Crippen molar-refractivity contribution >= 4 is 35.1 Å². The summed E-state index contributed by atoms with van der Waals surface area (Å²) < 4.78 is 6.19. The lowest BCUT2D eigenvalue weighted by atomic mass is 10.1. The van der Waals surface area contributed by atoms with Crippen LogP contribution in [0.15, 0.2) is 42.7 Å². The fourth-order valence-electron chi connectivity index (χ4n) is 6.28. The molecule has 3 atom stereocenters. The van der Waals surface area contributed by atoms with E-state index in [1.165, 1.54) is 0 Å². The van der Waals surface area contributed by atoms with Gasteiger partial charge in [-0.2, -0.15) is 0 Å². The summed E-state index contributed by atoms with van der Waals surface area (Å²) in [6, 6.07) is 9.41. The Morgan fingerprint density at radius 1 is 0.951 bits per heavy atom. The molecular formula is C30H34Cl2N6O3. The average molecular weight is 598 g/mol. The van der Waals surface area contributed by atoms with E-state index in [-0.39, 0.29) is 0 Å². The lowest BCUT2D eigenvalue weighted by molar-refractivity contribution is -0.137. The van der Waals surface area contributed by atoms with Gasteiger partial charge >= 0.3 is 5.97 Å². The van der Waals surface area contributed by atoms with Crippen molar-refractivity contribution in [2.75, 3.05) is 51.2 Å². The normalized spacial score (nSPS) is 23.1. The minimum Gasteiger partial charge on any atom is -0.481 e. The average Bonchev–Trinajstić information content (AvgIpc) is 3.64. The Morgan fingerprint density at radius 3 is 2.24 bits per heavy atom. The summed E-state index contributed by atoms with van der Waals surface area (Å²) in [6.45, 7) is 6.37. The number of carboxylic acids is 1. The molecule has 0 radical (unpaired) electrons. The third-order valence-electron chi connectivity index (χ3n) is 8.53. The molecule has 1 aromatic carbocycles. The van der Waals surface area contributed by atoms with E-state index in [4.69, 9.17) is 32.9 Å². The topological polar surface area (TPSA) is 94.9 Å². The third-order valence-corrected chi connectivity index (χ3v) is 8.96. The molecular weight excluding hydrogens is 563 g/mol. The maximum Gasteiger partial charge on any atom is 0.303 e. The first-order chi connectivity index (χ1) is 19.8. The quantitative estimate of drug-likeness (QED) is 0.370. The van der Waals surface area contributed by atoms with E-state index >= 15 is 0 Å². The van der Waals surface area contributed by atoms with Crippen LogP contribution in [0.2, 0.25) is 10.0 Å². The van der Waals surface area contributed by atoms with Gasteiger partial charge in [0.25, 0.3) is 0 Å². The molecule has 4 heterocycles. The second kappa shape index (κ2) is 12.1. The van der Waals surface area contributed by atoms with Crippen molar-refractivity contribution in [2.24, 2.45) is 17.8 Å². The highest BCUT2D eigenvalue weighted by atomic mass is 35.5. The smallest absolute Gasteiger partial charge is 0.303 e. The number of fused-ring (bicyclic) bond motifs is 1. The van der Waals surface area contributed by atoms with E-state index in [0.717, 1.165) is 75.5 Å². The Labute approximate surface area is 250 Å². The van der Waals surface area contributed by atoms with Crippen LogP contribution in [0.3, 0.4) is 0 Å². The molecule has 1 saturated carbocycles. The number of nitrogens with zero attached hydrogens (tertiary/aromatic N) is 6. The highest BCUT2D eigenvalue weighted by molar-refractivity contribution is 6.35. The maximum atomic E-state index is 11.2. The zero-order valence-corrected chi connectivity index (χ0v) is 24.6. The van der Waals surface area contributed by atoms with Crippen LogP contribution in [0.5, 0.6) is 11.6 Å². The molecule has 0 amide bonds. The molecule has 216 valence electrons. The van der Waals surface area contributed by atoms with Gasteiger partial charge in [-0.1, -0.05) is 23.2 Å². The molecule has 1 N–H and O–H groups in total. The number of hydrogen-bond acceptors (Lipinski definition) is 8. The highest BCUT2D eigenvalue weighted by Gasteiger charge is 2.50. The molecule has 1 aliphatic carbocycles. The molecule has 2 aromatic heterocycles. The van der Waals surface area contributed by atoms with Crippen molar-refractivity contribution in [1.29, 1.82) is 0 Å². The molecule has 6 rings (SSSR count). The number of aromatic nitrogens is 3. The summed E-state index contributed by atoms with van der Waals surface area (Å²) in [7, 11) is 2.12. The first kappa shape index (κ1) is 28.2. The Bertz CT molecular complexity index is 1370. The van der Waals surface area contributed by atoms with Crippen LogP contribution in [0, 0.1) is 17.8 Å². The number of likely N-dealkylation sites (tertiary alicyclic amines) is 1. The van der Waals surface area contributed by atoms with E-state index in [2.05, 4.69) is 37.8 Å². The lowest BCUT2D eigenvalue weighted by Crippen LogP contribution is -2.45. The van der Waals surface area contributed by atoms with Gasteiger partial charge in [-0.05, 0) is 80.6 Å². The zero-order chi connectivity index (χ0) is 28.5. The first-order valence-corrected chi connectivity index (χ1v) is 14.9. The van der Waals surface area contributed by atoms with Gasteiger partial charge in [0, 0.05) is 60.8 Å². The molecule has 2 unspecified atom stereocenters. The van der Waals surface area contributed by atoms with Crippen LogP contribution in [0.4, 0.5) is 5.95 Å². The van der Waals surface area contributed by atoms with E-state index in [1.54, 1.807) is 18.5 Å². The van der Waals surface area contributed by atoms with Crippen LogP contribution in [-0.4, -0.2) is 82.1 Å². The van der Waals surface area contributed by atoms with Gasteiger partial charge in [0.15, 0.2) is 5.75 Å². The number of hydrogen-bond donors (Lipinski definition) is 1. The number of carbonyl (C=O) groups is 1. The fourth-order valence-corrected chi connectivity index (χ4v) is 6.81. The Balaban J connectivity index is 1.20. The number of piperazine rings is 1. The summed E-state index contributed by atoms with van der Waals surface area (Å²) in [5.74, 6) is 2.39. The van der Waals surface area contributed by atoms with Crippen LogP contribution in [-0.2, 0) is 11.3 Å². The monoisotopic (exact) mass is 596 g/mol. The predicted octanol–water partition coefficient (Wildman–Crippen LogP) is 5.32. The number of likely N-dealkylation sites (N-methyl/N-ethyl adjacent to an activating group) is 1. The van der Waals surface area contributed by atoms with Gasteiger partial charge in [0.2, 0.25) is 11.8 Å². The van der Waals surface area contributed by atoms with Crippen molar-refractivity contribution in [3.8, 4) is 22.9 Å². The summed E-state index contributed by atoms with van der Waals surface area (Å²) in [5, 5.41) is 10.3. The zero-order valence-electron chi connectivity index (χ0n) is 23.0. The largest absolute Gasteiger partial charge is 0.481 e. The van der Waals surface area contributed by atoms with Crippen molar-refractivity contribution in [2.45, 2.75) is 25.8 Å². The number of ether oxygens (including phenoxy) is 1. The van der Waals surface area contributed by atoms with Gasteiger partial charge in [0.05, 0.1) is 18.1 Å². The highest BCUT2D eigenvalue weighted by Crippen LogP contribution is 2.54. The van der Waals surface area contributed by atoms with Crippen LogP contribution in [0.25, 0.3) is 11.3 Å². The van der Waals surface area contributed by atoms with E-state index in [0.29, 0.717) is 51.8 Å². The molecule has 0 spiro atoms. The van der Waals surface area contributed by atoms with Crippen LogP contribution >= 0.6 is 23.2 Å². The number of anilines is 1. The van der Waals surface area contributed by atoms with Crippen LogP contribution in [0.1, 0.15) is 24.8 Å². The van der Waals surface area contributed by atoms with E-state index in [9.17, 15) is 9.90 Å². The van der Waals surface area contributed by atoms with Crippen molar-refractivity contribution in [1.82, 2.24) is 24.8 Å². The summed E-state index contributed by atoms with van der Waals surface area (Å²) in [5.41, 5.74) is 2.59. The third kappa shape index (κ3) is 6.92. The summed E-state index contributed by atoms with van der Waals surface area (Å²) >= 11 is 12.6. The van der Waals surface area contributed by atoms with Crippen molar-refractivity contribution < 1.29 is 14.6 Å². The van der Waals surface area contributed by atoms with Gasteiger partial charge in [-0.3, -0.25) is 9.69 Å². The minimum absolute atomic E-state index is 0.298. The maximum absolute atomic E-state index is 11.2. The number of carboxylic acid groups (broad SMARTS) is 1. The predicted molar refractivity (Wildman–Crippen MR) is 159 cm³/mol. The van der Waals surface area contributed by atoms with Gasteiger partial charge in [-0.15, -0.1) is 0 Å². The van der Waals surface area contributed by atoms with Crippen molar-refractivity contribution in [3.05, 3.63) is 58.3 Å². The standard InChI is InChI=1S/C30H34Cl2N6O3/c1-36-6-8-38(9-7-36)30-33-16-23(17-34-30)41-28-11-19(10-27(35-28)20-12-21(31)14-22(32)13-20)18-37-4-2-24-25(3-5-37)26(24)15-29(39)40/h10-14,16-17,24-26H,2-9,15,18H2,1H3,(H,39,40)/t24-,25?,26?/m1/s1. The number of halogens is 2. The number of pyridine rings is 1. The Morgan fingerprint density at radius 2 is 1.61 bits per heavy atom. The molecule has 2 saturated heterocycles. The molecule has 41 heavy (non-hydrogen) atoms. The minimum atomic E-state index is -0.683. The lowest BCUT2D eigenvalue weighted by Gasteiger charge is -2.32.